The van der Waals surface area contributed by atoms with Crippen LogP contribution >= 0.6 is 0 Å². The van der Waals surface area contributed by atoms with E-state index >= 15 is 0 Å². The van der Waals surface area contributed by atoms with Gasteiger partial charge < -0.3 is 37.0 Å². The molecule has 0 aliphatic carbocycles. The Morgan fingerprint density at radius 2 is 1.03 bits per heavy atom. The second-order valence-electron chi connectivity index (χ2n) is 8.58. The first-order valence-electron chi connectivity index (χ1n) is 10.5. The molecule has 0 heterocycles. The molecule has 8 N–H and O–H groups in total. The van der Waals surface area contributed by atoms with Gasteiger partial charge in [0.05, 0.1) is 18.9 Å². The van der Waals surface area contributed by atoms with Gasteiger partial charge in [0.25, 0.3) is 0 Å². The van der Waals surface area contributed by atoms with Crippen LogP contribution in [0, 0.1) is 11.8 Å². The van der Waals surface area contributed by atoms with E-state index in [1.807, 2.05) is 0 Å². The summed E-state index contributed by atoms with van der Waals surface area (Å²) in [6, 6.07) is -5.54. The minimum atomic E-state index is -1.61. The van der Waals surface area contributed by atoms with E-state index in [0.29, 0.717) is 0 Å². The zero-order valence-electron chi connectivity index (χ0n) is 19.2. The second-order valence-corrected chi connectivity index (χ2v) is 8.58. The van der Waals surface area contributed by atoms with Crippen molar-refractivity contribution in [3.05, 3.63) is 0 Å². The molecule has 0 saturated heterocycles. The topological polar surface area (TPSA) is 225 Å². The van der Waals surface area contributed by atoms with Crippen LogP contribution in [0.2, 0.25) is 0 Å². The Hall–Kier alpha value is -3.22. The normalized spacial score (nSPS) is 14.6. The van der Waals surface area contributed by atoms with E-state index in [-0.39, 0.29) is 24.7 Å². The van der Waals surface area contributed by atoms with E-state index in [1.54, 1.807) is 27.7 Å². The Balaban J connectivity index is 5.54. The maximum Gasteiger partial charge on any atom is 0.326 e. The molecule has 0 aromatic rings. The average Bonchev–Trinajstić information content (AvgIpc) is 2.64. The second kappa shape index (κ2) is 14.0. The van der Waals surface area contributed by atoms with Crippen LogP contribution in [0.3, 0.4) is 0 Å². The number of hydrogen-bond acceptors (Lipinski definition) is 7. The van der Waals surface area contributed by atoms with Crippen molar-refractivity contribution in [2.24, 2.45) is 17.6 Å². The molecule has 0 saturated carbocycles. The summed E-state index contributed by atoms with van der Waals surface area (Å²) >= 11 is 0. The molecule has 13 heteroatoms. The standard InChI is InChI=1S/C20H34N4O9/c1-9(2)5-12(22-17(29)11(21)7-15(25)26)18(30)23-13(8-16(27)28)19(31)24-14(20(32)33)6-10(3)4/h9-14H,5-8,21H2,1-4H3,(H,22,29)(H,23,30)(H,24,31)(H,25,26)(H,27,28)(H,32,33). The van der Waals surface area contributed by atoms with Crippen molar-refractivity contribution < 1.29 is 44.1 Å². The number of carbonyl (C=O) groups excluding carboxylic acids is 3. The highest BCUT2D eigenvalue weighted by Crippen LogP contribution is 2.09. The molecule has 0 aromatic heterocycles. The minimum absolute atomic E-state index is 0.0837. The first kappa shape index (κ1) is 29.8. The van der Waals surface area contributed by atoms with Gasteiger partial charge in [-0.3, -0.25) is 24.0 Å². The summed E-state index contributed by atoms with van der Waals surface area (Å²) in [5.41, 5.74) is 5.51. The number of carboxylic acid groups (broad SMARTS) is 3. The van der Waals surface area contributed by atoms with Gasteiger partial charge in [0.1, 0.15) is 18.1 Å². The lowest BCUT2D eigenvalue weighted by atomic mass is 10.0. The lowest BCUT2D eigenvalue weighted by molar-refractivity contribution is -0.144. The number of rotatable bonds is 15. The molecule has 4 unspecified atom stereocenters. The third-order valence-electron chi connectivity index (χ3n) is 4.40. The molecule has 0 aliphatic rings. The highest BCUT2D eigenvalue weighted by molar-refractivity contribution is 5.96. The number of nitrogens with two attached hydrogens (primary N) is 1. The molecule has 0 bridgehead atoms. The predicted octanol–water partition coefficient (Wildman–Crippen LogP) is -1.11. The lowest BCUT2D eigenvalue weighted by Crippen LogP contribution is -2.57. The number of carbonyl (C=O) groups is 6. The van der Waals surface area contributed by atoms with Crippen LogP contribution in [0.25, 0.3) is 0 Å². The summed E-state index contributed by atoms with van der Waals surface area (Å²) in [4.78, 5) is 70.9. The molecular weight excluding hydrogens is 440 g/mol. The van der Waals surface area contributed by atoms with Gasteiger partial charge in [0, 0.05) is 0 Å². The van der Waals surface area contributed by atoms with Crippen LogP contribution < -0.4 is 21.7 Å². The highest BCUT2D eigenvalue weighted by Gasteiger charge is 2.32. The number of aliphatic carboxylic acids is 3. The van der Waals surface area contributed by atoms with Crippen molar-refractivity contribution in [2.75, 3.05) is 0 Å². The Labute approximate surface area is 191 Å². The van der Waals surface area contributed by atoms with Crippen LogP contribution in [0.15, 0.2) is 0 Å². The van der Waals surface area contributed by atoms with E-state index in [0.717, 1.165) is 0 Å². The summed E-state index contributed by atoms with van der Waals surface area (Å²) in [5, 5.41) is 34.0. The molecule has 33 heavy (non-hydrogen) atoms. The number of nitrogens with one attached hydrogen (secondary N) is 3. The fourth-order valence-corrected chi connectivity index (χ4v) is 2.88. The van der Waals surface area contributed by atoms with Crippen LogP contribution in [-0.2, 0) is 28.8 Å². The van der Waals surface area contributed by atoms with Crippen LogP contribution in [0.5, 0.6) is 0 Å². The third kappa shape index (κ3) is 12.4. The highest BCUT2D eigenvalue weighted by atomic mass is 16.4. The van der Waals surface area contributed by atoms with Gasteiger partial charge in [-0.25, -0.2) is 4.79 Å². The van der Waals surface area contributed by atoms with Gasteiger partial charge in [-0.2, -0.15) is 0 Å². The molecule has 0 rings (SSSR count). The van der Waals surface area contributed by atoms with Gasteiger partial charge in [-0.05, 0) is 24.7 Å². The largest absolute Gasteiger partial charge is 0.481 e. The van der Waals surface area contributed by atoms with Crippen LogP contribution in [0.1, 0.15) is 53.4 Å². The van der Waals surface area contributed by atoms with Crippen molar-refractivity contribution in [3.63, 3.8) is 0 Å². The van der Waals surface area contributed by atoms with Gasteiger partial charge in [-0.15, -0.1) is 0 Å². The van der Waals surface area contributed by atoms with Crippen molar-refractivity contribution in [3.8, 4) is 0 Å². The zero-order chi connectivity index (χ0) is 25.9. The van der Waals surface area contributed by atoms with Crippen molar-refractivity contribution in [1.82, 2.24) is 16.0 Å². The molecular formula is C20H34N4O9. The van der Waals surface area contributed by atoms with Crippen molar-refractivity contribution in [2.45, 2.75) is 77.5 Å². The quantitative estimate of drug-likeness (QED) is 0.151. The molecule has 0 radical (unpaired) electrons. The predicted molar refractivity (Wildman–Crippen MR) is 115 cm³/mol. The van der Waals surface area contributed by atoms with E-state index in [2.05, 4.69) is 16.0 Å². The number of carboxylic acids is 3. The number of hydrogen-bond donors (Lipinski definition) is 7. The van der Waals surface area contributed by atoms with Gasteiger partial charge in [0.2, 0.25) is 17.7 Å². The maximum atomic E-state index is 12.8. The monoisotopic (exact) mass is 474 g/mol. The zero-order valence-corrected chi connectivity index (χ0v) is 19.2. The first-order valence-corrected chi connectivity index (χ1v) is 10.5. The summed E-state index contributed by atoms with van der Waals surface area (Å²) < 4.78 is 0. The summed E-state index contributed by atoms with van der Waals surface area (Å²) in [7, 11) is 0. The van der Waals surface area contributed by atoms with E-state index in [4.69, 9.17) is 15.9 Å². The minimum Gasteiger partial charge on any atom is -0.481 e. The molecule has 0 aliphatic heterocycles. The average molecular weight is 475 g/mol. The van der Waals surface area contributed by atoms with Gasteiger partial charge in [0.15, 0.2) is 0 Å². The van der Waals surface area contributed by atoms with Crippen molar-refractivity contribution >= 4 is 35.6 Å². The van der Waals surface area contributed by atoms with Crippen molar-refractivity contribution in [1.29, 1.82) is 0 Å². The summed E-state index contributed by atoms with van der Waals surface area (Å²) in [6.07, 6.45) is -1.32. The fraction of sp³-hybridized carbons (Fsp3) is 0.700. The number of amides is 3. The first-order chi connectivity index (χ1) is 15.1. The Kier molecular flexibility index (Phi) is 12.7. The van der Waals surface area contributed by atoms with E-state index in [1.165, 1.54) is 0 Å². The Bertz CT molecular complexity index is 739. The third-order valence-corrected chi connectivity index (χ3v) is 4.40. The van der Waals surface area contributed by atoms with Crippen LogP contribution in [0.4, 0.5) is 0 Å². The van der Waals surface area contributed by atoms with Gasteiger partial charge in [-0.1, -0.05) is 27.7 Å². The van der Waals surface area contributed by atoms with Crippen LogP contribution in [-0.4, -0.2) is 75.1 Å². The molecule has 3 amide bonds. The fourth-order valence-electron chi connectivity index (χ4n) is 2.88. The molecule has 13 nitrogen and oxygen atoms in total. The molecule has 0 fully saturated rings. The molecule has 188 valence electrons. The SMILES string of the molecule is CC(C)CC(NC(=O)C(CC(=O)O)NC(=O)C(CC(C)C)NC(=O)C(N)CC(=O)O)C(=O)O. The molecule has 0 spiro atoms. The maximum absolute atomic E-state index is 12.8. The molecule has 0 aromatic carbocycles. The Morgan fingerprint density at radius 1 is 0.636 bits per heavy atom. The van der Waals surface area contributed by atoms with Gasteiger partial charge >= 0.3 is 17.9 Å². The summed E-state index contributed by atoms with van der Waals surface area (Å²) in [6.45, 7) is 6.97. The molecule has 4 atom stereocenters. The van der Waals surface area contributed by atoms with E-state index < -0.39 is 72.6 Å². The lowest BCUT2D eigenvalue weighted by Gasteiger charge is -2.25. The van der Waals surface area contributed by atoms with E-state index in [9.17, 15) is 33.9 Å². The summed E-state index contributed by atoms with van der Waals surface area (Å²) in [5.74, 6) is -7.04. The smallest absolute Gasteiger partial charge is 0.326 e. The Morgan fingerprint density at radius 3 is 1.45 bits per heavy atom.